The number of carbonyl (C=O) groups is 4. The maximum atomic E-state index is 13.0. The third-order valence-corrected chi connectivity index (χ3v) is 17.7. The van der Waals surface area contributed by atoms with Gasteiger partial charge in [-0.25, -0.2) is 9.13 Å². The van der Waals surface area contributed by atoms with E-state index in [4.69, 9.17) is 37.0 Å². The van der Waals surface area contributed by atoms with Crippen molar-refractivity contribution in [3.05, 3.63) is 0 Å². The fourth-order valence-electron chi connectivity index (χ4n) is 10.3. The van der Waals surface area contributed by atoms with Gasteiger partial charge in [-0.3, -0.25) is 37.3 Å². The molecule has 19 heteroatoms. The summed E-state index contributed by atoms with van der Waals surface area (Å²) in [6.07, 6.45) is 47.8. The van der Waals surface area contributed by atoms with Gasteiger partial charge in [-0.15, -0.1) is 0 Å². The second-order valence-corrected chi connectivity index (χ2v) is 27.9. The molecule has 0 aromatic rings. The number of esters is 4. The molecule has 87 heavy (non-hydrogen) atoms. The van der Waals surface area contributed by atoms with E-state index in [-0.39, 0.29) is 25.7 Å². The lowest BCUT2D eigenvalue weighted by molar-refractivity contribution is -0.161. The molecule has 0 fully saturated rings. The van der Waals surface area contributed by atoms with Crippen LogP contribution in [0.4, 0.5) is 0 Å². The van der Waals surface area contributed by atoms with Crippen molar-refractivity contribution in [1.82, 2.24) is 0 Å². The SMILES string of the molecule is CCCCCCCCCCCCCCCCCCC(=O)OC[C@H](COP(=O)(O)OC[C@@H](O)COP(=O)(O)OC[C@@H](COC(=O)CCCCCCC)OC(=O)CCCCCCCCC)OC(=O)CCCCCCCCCCCCCCCCCCC(C)C. The fourth-order valence-corrected chi connectivity index (χ4v) is 11.9. The number of unbranched alkanes of at least 4 members (excludes halogenated alkanes) is 40. The molecule has 0 aliphatic carbocycles. The minimum Gasteiger partial charge on any atom is -0.462 e. The second kappa shape index (κ2) is 61.6. The van der Waals surface area contributed by atoms with Crippen LogP contribution in [0.3, 0.4) is 0 Å². The number of phosphoric ester groups is 2. The van der Waals surface area contributed by atoms with E-state index >= 15 is 0 Å². The summed E-state index contributed by atoms with van der Waals surface area (Å²) in [5.41, 5.74) is 0. The quantitative estimate of drug-likeness (QED) is 0.0222. The molecule has 0 bridgehead atoms. The summed E-state index contributed by atoms with van der Waals surface area (Å²) in [7, 11) is -9.88. The summed E-state index contributed by atoms with van der Waals surface area (Å²) in [6.45, 7) is 7.13. The zero-order valence-electron chi connectivity index (χ0n) is 56.2. The summed E-state index contributed by atoms with van der Waals surface area (Å²) in [5, 5.41) is 10.5. The molecule has 0 heterocycles. The van der Waals surface area contributed by atoms with Crippen molar-refractivity contribution in [2.45, 2.75) is 368 Å². The molecule has 5 atom stereocenters. The highest BCUT2D eigenvalue weighted by atomic mass is 31.2. The van der Waals surface area contributed by atoms with Crippen LogP contribution >= 0.6 is 15.6 Å². The predicted molar refractivity (Wildman–Crippen MR) is 349 cm³/mol. The van der Waals surface area contributed by atoms with Crippen molar-refractivity contribution < 1.29 is 80.2 Å². The molecule has 0 spiro atoms. The van der Waals surface area contributed by atoms with E-state index in [1.165, 1.54) is 154 Å². The smallest absolute Gasteiger partial charge is 0.462 e. The first-order chi connectivity index (χ1) is 42.0. The van der Waals surface area contributed by atoms with E-state index < -0.39 is 97.5 Å². The van der Waals surface area contributed by atoms with Gasteiger partial charge in [0.1, 0.15) is 19.3 Å². The van der Waals surface area contributed by atoms with Crippen molar-refractivity contribution in [3.63, 3.8) is 0 Å². The highest BCUT2D eigenvalue weighted by Crippen LogP contribution is 2.45. The summed E-state index contributed by atoms with van der Waals surface area (Å²) in [4.78, 5) is 72.0. The van der Waals surface area contributed by atoms with Crippen LogP contribution in [0.2, 0.25) is 0 Å². The Morgan fingerprint density at radius 3 is 0.782 bits per heavy atom. The van der Waals surface area contributed by atoms with Gasteiger partial charge in [0.15, 0.2) is 12.2 Å². The minimum atomic E-state index is -4.95. The highest BCUT2D eigenvalue weighted by Gasteiger charge is 2.30. The van der Waals surface area contributed by atoms with Crippen LogP contribution in [-0.4, -0.2) is 96.7 Å². The number of ether oxygens (including phenoxy) is 4. The van der Waals surface area contributed by atoms with Crippen LogP contribution in [-0.2, 0) is 65.4 Å². The van der Waals surface area contributed by atoms with E-state index in [1.807, 2.05) is 0 Å². The Kier molecular flexibility index (Phi) is 60.2. The third kappa shape index (κ3) is 62.6. The van der Waals surface area contributed by atoms with E-state index in [0.29, 0.717) is 25.7 Å². The summed E-state index contributed by atoms with van der Waals surface area (Å²) < 4.78 is 67.8. The van der Waals surface area contributed by atoms with Crippen molar-refractivity contribution in [3.8, 4) is 0 Å². The van der Waals surface area contributed by atoms with Crippen LogP contribution in [0.15, 0.2) is 0 Å². The molecule has 0 aromatic carbocycles. The zero-order chi connectivity index (χ0) is 64.2. The van der Waals surface area contributed by atoms with Crippen LogP contribution in [0, 0.1) is 5.92 Å². The molecular weight excluding hydrogens is 1150 g/mol. The molecule has 0 aliphatic heterocycles. The van der Waals surface area contributed by atoms with Crippen LogP contribution in [0.5, 0.6) is 0 Å². The Bertz CT molecular complexity index is 1690. The van der Waals surface area contributed by atoms with Gasteiger partial charge in [0, 0.05) is 25.7 Å². The van der Waals surface area contributed by atoms with Gasteiger partial charge in [0.05, 0.1) is 26.4 Å². The summed E-state index contributed by atoms with van der Waals surface area (Å²) in [5.74, 6) is -1.33. The predicted octanol–water partition coefficient (Wildman–Crippen LogP) is 19.4. The van der Waals surface area contributed by atoms with Crippen molar-refractivity contribution in [2.24, 2.45) is 5.92 Å². The van der Waals surface area contributed by atoms with Crippen molar-refractivity contribution >= 4 is 39.5 Å². The Morgan fingerprint density at radius 2 is 0.529 bits per heavy atom. The Labute approximate surface area is 530 Å². The van der Waals surface area contributed by atoms with Gasteiger partial charge < -0.3 is 33.8 Å². The first-order valence-electron chi connectivity index (χ1n) is 35.6. The Hall–Kier alpha value is -1.94. The zero-order valence-corrected chi connectivity index (χ0v) is 57.9. The average Bonchev–Trinajstić information content (AvgIpc) is 3.70. The third-order valence-electron chi connectivity index (χ3n) is 15.8. The molecule has 0 amide bonds. The lowest BCUT2D eigenvalue weighted by Gasteiger charge is -2.21. The van der Waals surface area contributed by atoms with Crippen LogP contribution < -0.4 is 0 Å². The first kappa shape index (κ1) is 85.1. The largest absolute Gasteiger partial charge is 0.472 e. The Balaban J connectivity index is 5.10. The lowest BCUT2D eigenvalue weighted by atomic mass is 10.0. The fraction of sp³-hybridized carbons (Fsp3) is 0.941. The van der Waals surface area contributed by atoms with Gasteiger partial charge >= 0.3 is 39.5 Å². The van der Waals surface area contributed by atoms with E-state index in [1.54, 1.807) is 0 Å². The average molecular weight is 1280 g/mol. The molecule has 0 saturated carbocycles. The number of hydrogen-bond donors (Lipinski definition) is 3. The molecule has 516 valence electrons. The topological polar surface area (TPSA) is 237 Å². The van der Waals surface area contributed by atoms with Gasteiger partial charge in [-0.1, -0.05) is 298 Å². The summed E-state index contributed by atoms with van der Waals surface area (Å²) >= 11 is 0. The van der Waals surface area contributed by atoms with Gasteiger partial charge in [-0.2, -0.15) is 0 Å². The van der Waals surface area contributed by atoms with Crippen molar-refractivity contribution in [2.75, 3.05) is 39.6 Å². The van der Waals surface area contributed by atoms with Crippen LogP contribution in [0.1, 0.15) is 349 Å². The molecule has 0 aliphatic rings. The number of aliphatic hydroxyl groups excluding tert-OH is 1. The number of rotatable bonds is 68. The van der Waals surface area contributed by atoms with E-state index in [9.17, 15) is 43.2 Å². The lowest BCUT2D eigenvalue weighted by Crippen LogP contribution is -2.30. The van der Waals surface area contributed by atoms with Crippen LogP contribution in [0.25, 0.3) is 0 Å². The molecule has 17 nitrogen and oxygen atoms in total. The Morgan fingerprint density at radius 1 is 0.310 bits per heavy atom. The molecule has 2 unspecified atom stereocenters. The number of aliphatic hydroxyl groups is 1. The number of phosphoric acid groups is 2. The molecule has 0 radical (unpaired) electrons. The van der Waals surface area contributed by atoms with Gasteiger partial charge in [-0.05, 0) is 31.6 Å². The maximum Gasteiger partial charge on any atom is 0.472 e. The van der Waals surface area contributed by atoms with E-state index in [0.717, 1.165) is 115 Å². The van der Waals surface area contributed by atoms with E-state index in [2.05, 4.69) is 34.6 Å². The molecule has 3 N–H and O–H groups in total. The first-order valence-corrected chi connectivity index (χ1v) is 38.6. The maximum absolute atomic E-state index is 13.0. The normalized spacial score (nSPS) is 14.1. The standard InChI is InChI=1S/C68H132O17P2/c1-6-9-12-15-17-18-19-20-21-25-28-31-34-38-42-47-52-66(71)79-58-64(85-68(73)54-49-44-39-35-32-29-26-23-22-24-27-30-33-37-41-45-50-61(4)5)60-83-87(76,77)81-56-62(69)55-80-86(74,75)82-59-63(57-78-65(70)51-46-40-14-11-8-3)84-67(72)53-48-43-36-16-13-10-7-2/h61-64,69H,6-60H2,1-5H3,(H,74,75)(H,76,77)/t62-,63+,64+/m0/s1. The molecular formula is C68H132O17P2. The molecule has 0 saturated heterocycles. The highest BCUT2D eigenvalue weighted by molar-refractivity contribution is 7.47. The molecule has 0 rings (SSSR count). The second-order valence-electron chi connectivity index (χ2n) is 25.0. The van der Waals surface area contributed by atoms with Gasteiger partial charge in [0.2, 0.25) is 0 Å². The monoisotopic (exact) mass is 1280 g/mol. The minimum absolute atomic E-state index is 0.103. The number of carbonyl (C=O) groups excluding carboxylic acids is 4. The van der Waals surface area contributed by atoms with Gasteiger partial charge in [0.25, 0.3) is 0 Å². The molecule has 0 aromatic heterocycles. The summed E-state index contributed by atoms with van der Waals surface area (Å²) in [6, 6.07) is 0. The van der Waals surface area contributed by atoms with Crippen molar-refractivity contribution in [1.29, 1.82) is 0 Å². The number of hydrogen-bond acceptors (Lipinski definition) is 15.